The third kappa shape index (κ3) is 6.30. The molecule has 0 fully saturated rings. The maximum absolute atomic E-state index is 13.3. The molecule has 2 aromatic carbocycles. The number of anilines is 1. The van der Waals surface area contributed by atoms with Gasteiger partial charge in [0.1, 0.15) is 0 Å². The Morgan fingerprint density at radius 2 is 1.83 bits per heavy atom. The number of thiazole rings is 1. The Morgan fingerprint density at radius 3 is 2.50 bits per heavy atom. The summed E-state index contributed by atoms with van der Waals surface area (Å²) in [7, 11) is 4.12. The predicted molar refractivity (Wildman–Crippen MR) is 131 cm³/mol. The van der Waals surface area contributed by atoms with Crippen LogP contribution in [0.5, 0.6) is 0 Å². The highest BCUT2D eigenvalue weighted by atomic mass is 32.2. The van der Waals surface area contributed by atoms with Crippen molar-refractivity contribution in [2.24, 2.45) is 0 Å². The summed E-state index contributed by atoms with van der Waals surface area (Å²) in [5.41, 5.74) is 3.21. The minimum Gasteiger partial charge on any atom is -0.309 e. The second-order valence-electron chi connectivity index (χ2n) is 8.16. The molecule has 6 heteroatoms. The Morgan fingerprint density at radius 1 is 1.10 bits per heavy atom. The van der Waals surface area contributed by atoms with Crippen LogP contribution < -0.4 is 4.90 Å². The molecule has 0 aliphatic rings. The standard InChI is InChI=1S/C24H31N3OS2/c1-17(2)29-20-10-8-19(9-11-20)16-23(28)27(14-6-13-26(4)5)24-25-21-12-7-18(3)15-22(21)30-24/h7-12,15,17H,6,13-14,16H2,1-5H3. The van der Waals surface area contributed by atoms with Crippen LogP contribution in [0.2, 0.25) is 0 Å². The van der Waals surface area contributed by atoms with Gasteiger partial charge in [-0.05, 0) is 69.4 Å². The lowest BCUT2D eigenvalue weighted by Crippen LogP contribution is -2.34. The van der Waals surface area contributed by atoms with Gasteiger partial charge >= 0.3 is 0 Å². The summed E-state index contributed by atoms with van der Waals surface area (Å²) in [4.78, 5) is 23.3. The maximum atomic E-state index is 13.3. The van der Waals surface area contributed by atoms with Crippen molar-refractivity contribution in [1.29, 1.82) is 0 Å². The summed E-state index contributed by atoms with van der Waals surface area (Å²) < 4.78 is 1.13. The molecule has 0 spiro atoms. The molecule has 3 aromatic rings. The Balaban J connectivity index is 1.78. The van der Waals surface area contributed by atoms with Gasteiger partial charge in [0.2, 0.25) is 5.91 Å². The number of thioether (sulfide) groups is 1. The number of hydrogen-bond acceptors (Lipinski definition) is 5. The molecule has 0 radical (unpaired) electrons. The topological polar surface area (TPSA) is 36.4 Å². The fourth-order valence-electron chi connectivity index (χ4n) is 3.24. The zero-order chi connectivity index (χ0) is 21.7. The summed E-state index contributed by atoms with van der Waals surface area (Å²) >= 11 is 3.44. The van der Waals surface area contributed by atoms with Crippen LogP contribution in [-0.2, 0) is 11.2 Å². The van der Waals surface area contributed by atoms with Crippen molar-refractivity contribution in [2.75, 3.05) is 32.1 Å². The zero-order valence-electron chi connectivity index (χ0n) is 18.5. The van der Waals surface area contributed by atoms with Crippen LogP contribution in [0.3, 0.4) is 0 Å². The van der Waals surface area contributed by atoms with Gasteiger partial charge in [0.25, 0.3) is 0 Å². The number of rotatable bonds is 9. The van der Waals surface area contributed by atoms with Gasteiger partial charge < -0.3 is 4.90 Å². The van der Waals surface area contributed by atoms with Crippen LogP contribution in [0.4, 0.5) is 5.13 Å². The number of aromatic nitrogens is 1. The van der Waals surface area contributed by atoms with Gasteiger partial charge in [0.05, 0.1) is 16.6 Å². The number of carbonyl (C=O) groups excluding carboxylic acids is 1. The number of carbonyl (C=O) groups is 1. The highest BCUT2D eigenvalue weighted by Crippen LogP contribution is 2.30. The first-order valence-corrected chi connectivity index (χ1v) is 12.1. The second-order valence-corrected chi connectivity index (χ2v) is 10.8. The summed E-state index contributed by atoms with van der Waals surface area (Å²) in [6.45, 7) is 8.08. The van der Waals surface area contributed by atoms with Crippen molar-refractivity contribution < 1.29 is 4.79 Å². The fourth-order valence-corrected chi connectivity index (χ4v) is 5.18. The lowest BCUT2D eigenvalue weighted by atomic mass is 10.1. The normalized spacial score (nSPS) is 11.6. The van der Waals surface area contributed by atoms with Crippen molar-refractivity contribution in [1.82, 2.24) is 9.88 Å². The first kappa shape index (κ1) is 22.8. The summed E-state index contributed by atoms with van der Waals surface area (Å²) in [5, 5.41) is 1.35. The summed E-state index contributed by atoms with van der Waals surface area (Å²) in [6, 6.07) is 14.6. The van der Waals surface area contributed by atoms with Crippen LogP contribution in [0.15, 0.2) is 47.4 Å². The van der Waals surface area contributed by atoms with E-state index < -0.39 is 0 Å². The number of hydrogen-bond donors (Lipinski definition) is 0. The van der Waals surface area contributed by atoms with E-state index in [1.807, 2.05) is 22.7 Å². The van der Waals surface area contributed by atoms with E-state index in [2.05, 4.69) is 76.2 Å². The van der Waals surface area contributed by atoms with Crippen LogP contribution in [0.1, 0.15) is 31.4 Å². The zero-order valence-corrected chi connectivity index (χ0v) is 20.1. The third-order valence-electron chi connectivity index (χ3n) is 4.70. The maximum Gasteiger partial charge on any atom is 0.233 e. The summed E-state index contributed by atoms with van der Waals surface area (Å²) in [5.74, 6) is 0.105. The Bertz CT molecular complexity index is 980. The van der Waals surface area contributed by atoms with Gasteiger partial charge in [-0.1, -0.05) is 43.4 Å². The SMILES string of the molecule is Cc1ccc2nc(N(CCCN(C)C)C(=O)Cc3ccc(SC(C)C)cc3)sc2c1. The van der Waals surface area contributed by atoms with E-state index in [9.17, 15) is 4.79 Å². The number of aryl methyl sites for hydroxylation is 1. The van der Waals surface area contributed by atoms with Crippen LogP contribution >= 0.6 is 23.1 Å². The van der Waals surface area contributed by atoms with Crippen LogP contribution in [-0.4, -0.2) is 48.2 Å². The molecule has 0 aliphatic carbocycles. The lowest BCUT2D eigenvalue weighted by Gasteiger charge is -2.21. The number of benzene rings is 2. The molecule has 1 heterocycles. The van der Waals surface area contributed by atoms with Gasteiger partial charge in [-0.2, -0.15) is 0 Å². The first-order chi connectivity index (χ1) is 14.3. The molecule has 1 aromatic heterocycles. The smallest absolute Gasteiger partial charge is 0.233 e. The molecule has 4 nitrogen and oxygen atoms in total. The minimum atomic E-state index is 0.105. The number of nitrogens with zero attached hydrogens (tertiary/aromatic N) is 3. The second kappa shape index (κ2) is 10.4. The number of amides is 1. The van der Waals surface area contributed by atoms with Gasteiger partial charge in [-0.3, -0.25) is 9.69 Å². The molecular formula is C24H31N3OS2. The van der Waals surface area contributed by atoms with Crippen molar-refractivity contribution in [3.63, 3.8) is 0 Å². The molecule has 160 valence electrons. The monoisotopic (exact) mass is 441 g/mol. The Kier molecular flexibility index (Phi) is 7.92. The van der Waals surface area contributed by atoms with Crippen molar-refractivity contribution >= 4 is 44.4 Å². The average Bonchev–Trinajstić information content (AvgIpc) is 3.08. The van der Waals surface area contributed by atoms with Gasteiger partial charge in [0, 0.05) is 16.7 Å². The quantitative estimate of drug-likeness (QED) is 0.403. The number of fused-ring (bicyclic) bond motifs is 1. The van der Waals surface area contributed by atoms with Crippen LogP contribution in [0, 0.1) is 6.92 Å². The lowest BCUT2D eigenvalue weighted by molar-refractivity contribution is -0.118. The Labute approximate surface area is 188 Å². The highest BCUT2D eigenvalue weighted by Gasteiger charge is 2.20. The van der Waals surface area contributed by atoms with Crippen LogP contribution in [0.25, 0.3) is 10.2 Å². The molecule has 0 N–H and O–H groups in total. The van der Waals surface area contributed by atoms with Gasteiger partial charge in [-0.25, -0.2) is 4.98 Å². The molecule has 0 atom stereocenters. The molecule has 0 saturated heterocycles. The van der Waals surface area contributed by atoms with Crippen molar-refractivity contribution in [3.05, 3.63) is 53.6 Å². The third-order valence-corrected chi connectivity index (χ3v) is 6.76. The molecule has 1 amide bonds. The van der Waals surface area contributed by atoms with E-state index in [0.29, 0.717) is 18.2 Å². The first-order valence-electron chi connectivity index (χ1n) is 10.4. The highest BCUT2D eigenvalue weighted by molar-refractivity contribution is 7.99. The molecule has 0 unspecified atom stereocenters. The molecule has 0 bridgehead atoms. The van der Waals surface area contributed by atoms with E-state index in [0.717, 1.165) is 33.9 Å². The minimum absolute atomic E-state index is 0.105. The van der Waals surface area contributed by atoms with E-state index in [-0.39, 0.29) is 5.91 Å². The van der Waals surface area contributed by atoms with Gasteiger partial charge in [0.15, 0.2) is 5.13 Å². The largest absolute Gasteiger partial charge is 0.309 e. The van der Waals surface area contributed by atoms with E-state index >= 15 is 0 Å². The van der Waals surface area contributed by atoms with Crippen molar-refractivity contribution in [3.8, 4) is 0 Å². The molecule has 30 heavy (non-hydrogen) atoms. The Hall–Kier alpha value is -1.89. The van der Waals surface area contributed by atoms with E-state index in [1.54, 1.807) is 11.3 Å². The summed E-state index contributed by atoms with van der Waals surface area (Å²) in [6.07, 6.45) is 1.31. The van der Waals surface area contributed by atoms with E-state index in [1.165, 1.54) is 10.5 Å². The fraction of sp³-hybridized carbons (Fsp3) is 0.417. The van der Waals surface area contributed by atoms with Crippen molar-refractivity contribution in [2.45, 2.75) is 43.8 Å². The molecule has 0 saturated carbocycles. The molecule has 3 rings (SSSR count). The predicted octanol–water partition coefficient (Wildman–Crippen LogP) is 5.63. The van der Waals surface area contributed by atoms with E-state index in [4.69, 9.17) is 4.98 Å². The average molecular weight is 442 g/mol. The molecule has 0 aliphatic heterocycles. The van der Waals surface area contributed by atoms with Gasteiger partial charge in [-0.15, -0.1) is 11.8 Å². The molecular weight excluding hydrogens is 410 g/mol.